The summed E-state index contributed by atoms with van der Waals surface area (Å²) in [4.78, 5) is 30.1. The van der Waals surface area contributed by atoms with E-state index in [0.717, 1.165) is 0 Å². The molecule has 186 valence electrons. The third kappa shape index (κ3) is 5.49. The Morgan fingerprint density at radius 1 is 1.26 bits per heavy atom. The topological polar surface area (TPSA) is 153 Å². The minimum atomic E-state index is -1.34. The van der Waals surface area contributed by atoms with E-state index in [1.807, 2.05) is 0 Å². The number of aliphatic hydroxyl groups is 1. The molecule has 0 bridgehead atoms. The lowest BCUT2D eigenvalue weighted by molar-refractivity contribution is 0.0415. The number of halogens is 1. The quantitative estimate of drug-likeness (QED) is 0.358. The second kappa shape index (κ2) is 9.84. The summed E-state index contributed by atoms with van der Waals surface area (Å²) in [5.74, 6) is -0.00420. The second-order valence-electron chi connectivity index (χ2n) is 8.90. The molecular formula is C23H27FN6O5. The molecule has 1 saturated heterocycles. The third-order valence-corrected chi connectivity index (χ3v) is 5.84. The molecule has 0 spiro atoms. The fourth-order valence-corrected chi connectivity index (χ4v) is 4.12. The number of urea groups is 1. The molecule has 3 amide bonds. The van der Waals surface area contributed by atoms with Crippen LogP contribution in [0.25, 0.3) is 10.9 Å². The lowest BCUT2D eigenvalue weighted by Gasteiger charge is -2.30. The molecule has 35 heavy (non-hydrogen) atoms. The molecule has 0 saturated carbocycles. The highest BCUT2D eigenvalue weighted by Gasteiger charge is 2.31. The Bertz CT molecular complexity index is 1200. The number of nitrogens with zero attached hydrogens (tertiary/aromatic N) is 3. The van der Waals surface area contributed by atoms with Crippen LogP contribution in [-0.2, 0) is 4.74 Å². The number of hydrogen-bond donors (Lipinski definition) is 5. The van der Waals surface area contributed by atoms with Crippen molar-refractivity contribution in [1.82, 2.24) is 20.5 Å². The summed E-state index contributed by atoms with van der Waals surface area (Å²) in [5, 5.41) is 33.1. The van der Waals surface area contributed by atoms with E-state index in [0.29, 0.717) is 42.5 Å². The Labute approximate surface area is 200 Å². The Morgan fingerprint density at radius 3 is 2.57 bits per heavy atom. The molecule has 1 aliphatic rings. The van der Waals surface area contributed by atoms with Gasteiger partial charge in [-0.15, -0.1) is 0 Å². The first-order valence-corrected chi connectivity index (χ1v) is 11.1. The number of H-pyrrole nitrogens is 1. The van der Waals surface area contributed by atoms with E-state index in [1.54, 1.807) is 0 Å². The molecular weight excluding hydrogens is 459 g/mol. The number of aromatic amines is 1. The van der Waals surface area contributed by atoms with Gasteiger partial charge in [0.15, 0.2) is 5.82 Å². The van der Waals surface area contributed by atoms with Gasteiger partial charge < -0.3 is 20.3 Å². The van der Waals surface area contributed by atoms with E-state index in [4.69, 9.17) is 4.74 Å². The van der Waals surface area contributed by atoms with Gasteiger partial charge in [-0.2, -0.15) is 5.10 Å². The molecule has 2 aromatic heterocycles. The number of anilines is 2. The molecule has 3 heterocycles. The zero-order valence-electron chi connectivity index (χ0n) is 19.3. The van der Waals surface area contributed by atoms with Crippen molar-refractivity contribution in [2.45, 2.75) is 44.4 Å². The summed E-state index contributed by atoms with van der Waals surface area (Å²) in [6.07, 6.45) is 1.44. The molecule has 3 aromatic rings. The van der Waals surface area contributed by atoms with Crippen LogP contribution in [0.15, 0.2) is 36.5 Å². The van der Waals surface area contributed by atoms with Gasteiger partial charge in [-0.1, -0.05) is 12.1 Å². The number of aromatic nitrogens is 3. The van der Waals surface area contributed by atoms with Crippen molar-refractivity contribution in [3.05, 3.63) is 47.9 Å². The standard InChI is InChI=1S/C23H27FN6O5/c1-23(2,34)19(13-3-5-14(24)6-4-13)27-21(31)26-18-11-17-16(12-25-18)20(29-28-17)30(22(32)33)15-7-9-35-10-8-15/h3-6,11-12,15,19,34H,7-10H2,1-2H3,(H,28,29)(H,32,33)(H2,25,26,27,31)/t19-/m0/s1. The Hall–Kier alpha value is -3.77. The monoisotopic (exact) mass is 486 g/mol. The first-order valence-electron chi connectivity index (χ1n) is 11.1. The minimum absolute atomic E-state index is 0.187. The van der Waals surface area contributed by atoms with E-state index in [2.05, 4.69) is 25.8 Å². The summed E-state index contributed by atoms with van der Waals surface area (Å²) in [6.45, 7) is 4.01. The number of fused-ring (bicyclic) bond motifs is 1. The average molecular weight is 487 g/mol. The van der Waals surface area contributed by atoms with Crippen LogP contribution >= 0.6 is 0 Å². The van der Waals surface area contributed by atoms with Gasteiger partial charge in [0, 0.05) is 31.5 Å². The fraction of sp³-hybridized carbons (Fsp3) is 0.391. The molecule has 1 fully saturated rings. The van der Waals surface area contributed by atoms with Gasteiger partial charge in [-0.25, -0.2) is 19.0 Å². The van der Waals surface area contributed by atoms with Gasteiger partial charge in [0.2, 0.25) is 0 Å². The Kier molecular flexibility index (Phi) is 6.85. The van der Waals surface area contributed by atoms with Crippen molar-refractivity contribution in [3.63, 3.8) is 0 Å². The third-order valence-electron chi connectivity index (χ3n) is 5.84. The van der Waals surface area contributed by atoms with Gasteiger partial charge in [0.25, 0.3) is 0 Å². The number of benzene rings is 1. The average Bonchev–Trinajstić information content (AvgIpc) is 3.21. The number of ether oxygens (including phenoxy) is 1. The lowest BCUT2D eigenvalue weighted by atomic mass is 9.92. The maximum Gasteiger partial charge on any atom is 0.413 e. The molecule has 0 radical (unpaired) electrons. The molecule has 0 unspecified atom stereocenters. The molecule has 0 aliphatic carbocycles. The number of amides is 3. The van der Waals surface area contributed by atoms with Crippen molar-refractivity contribution in [1.29, 1.82) is 0 Å². The lowest BCUT2D eigenvalue weighted by Crippen LogP contribution is -2.44. The molecule has 1 atom stereocenters. The number of nitrogens with one attached hydrogen (secondary N) is 3. The van der Waals surface area contributed by atoms with Crippen molar-refractivity contribution < 1.29 is 28.9 Å². The molecule has 5 N–H and O–H groups in total. The number of carboxylic acid groups (broad SMARTS) is 1. The Morgan fingerprint density at radius 2 is 1.94 bits per heavy atom. The van der Waals surface area contributed by atoms with Gasteiger partial charge >= 0.3 is 12.1 Å². The number of hydrogen-bond acceptors (Lipinski definition) is 6. The van der Waals surface area contributed by atoms with E-state index in [9.17, 15) is 24.2 Å². The highest BCUT2D eigenvalue weighted by Crippen LogP contribution is 2.30. The minimum Gasteiger partial charge on any atom is -0.465 e. The van der Waals surface area contributed by atoms with Gasteiger partial charge in [-0.05, 0) is 44.4 Å². The number of rotatable bonds is 6. The van der Waals surface area contributed by atoms with E-state index in [1.165, 1.54) is 55.3 Å². The van der Waals surface area contributed by atoms with E-state index < -0.39 is 29.6 Å². The van der Waals surface area contributed by atoms with Crippen molar-refractivity contribution >= 4 is 34.7 Å². The van der Waals surface area contributed by atoms with Crippen molar-refractivity contribution in [2.24, 2.45) is 0 Å². The number of carbonyl (C=O) groups is 2. The van der Waals surface area contributed by atoms with E-state index >= 15 is 0 Å². The zero-order valence-corrected chi connectivity index (χ0v) is 19.3. The first-order chi connectivity index (χ1) is 16.6. The highest BCUT2D eigenvalue weighted by atomic mass is 19.1. The van der Waals surface area contributed by atoms with Crippen molar-refractivity contribution in [3.8, 4) is 0 Å². The molecule has 1 aromatic carbocycles. The predicted octanol–water partition coefficient (Wildman–Crippen LogP) is 3.39. The van der Waals surface area contributed by atoms with Crippen LogP contribution in [0.3, 0.4) is 0 Å². The van der Waals surface area contributed by atoms with Gasteiger partial charge in [0.05, 0.1) is 22.5 Å². The maximum absolute atomic E-state index is 13.3. The Balaban J connectivity index is 1.52. The first kappa shape index (κ1) is 24.4. The van der Waals surface area contributed by atoms with Gasteiger partial charge in [-0.3, -0.25) is 15.3 Å². The van der Waals surface area contributed by atoms with Gasteiger partial charge in [0.1, 0.15) is 11.6 Å². The SMILES string of the molecule is CC(C)(O)[C@@H](NC(=O)Nc1cc2[nH]nc(N(C(=O)O)C3CCOCC3)c2cn1)c1ccc(F)cc1. The predicted molar refractivity (Wildman–Crippen MR) is 126 cm³/mol. The van der Waals surface area contributed by atoms with Crippen LogP contribution in [0.5, 0.6) is 0 Å². The summed E-state index contributed by atoms with van der Waals surface area (Å²) in [6, 6.07) is 5.28. The highest BCUT2D eigenvalue weighted by molar-refractivity contribution is 5.99. The summed E-state index contributed by atoms with van der Waals surface area (Å²) in [7, 11) is 0. The molecule has 1 aliphatic heterocycles. The largest absolute Gasteiger partial charge is 0.465 e. The summed E-state index contributed by atoms with van der Waals surface area (Å²) >= 11 is 0. The van der Waals surface area contributed by atoms with E-state index in [-0.39, 0.29) is 17.7 Å². The fourth-order valence-electron chi connectivity index (χ4n) is 4.12. The van der Waals surface area contributed by atoms with Crippen LogP contribution < -0.4 is 15.5 Å². The summed E-state index contributed by atoms with van der Waals surface area (Å²) in [5.41, 5.74) is -0.325. The van der Waals surface area contributed by atoms with Crippen LogP contribution in [-0.4, -0.2) is 62.4 Å². The summed E-state index contributed by atoms with van der Waals surface area (Å²) < 4.78 is 18.6. The van der Waals surface area contributed by atoms with Crippen LogP contribution in [0.1, 0.15) is 38.3 Å². The van der Waals surface area contributed by atoms with Crippen LogP contribution in [0.4, 0.5) is 25.6 Å². The smallest absolute Gasteiger partial charge is 0.413 e. The normalized spacial score (nSPS) is 15.5. The second-order valence-corrected chi connectivity index (χ2v) is 8.90. The number of pyridine rings is 1. The maximum atomic E-state index is 13.3. The molecule has 12 heteroatoms. The zero-order chi connectivity index (χ0) is 25.2. The molecule has 11 nitrogen and oxygen atoms in total. The molecule has 4 rings (SSSR count). The van der Waals surface area contributed by atoms with Crippen LogP contribution in [0, 0.1) is 5.82 Å². The van der Waals surface area contributed by atoms with Crippen molar-refractivity contribution in [2.75, 3.05) is 23.4 Å². The number of carbonyl (C=O) groups excluding carboxylic acids is 1. The van der Waals surface area contributed by atoms with Crippen LogP contribution in [0.2, 0.25) is 0 Å².